The van der Waals surface area contributed by atoms with Gasteiger partial charge in [-0.15, -0.1) is 0 Å². The topological polar surface area (TPSA) is 71.1 Å². The van der Waals surface area contributed by atoms with E-state index in [1.165, 1.54) is 12.7 Å². The fourth-order valence-electron chi connectivity index (χ4n) is 3.05. The van der Waals surface area contributed by atoms with Gasteiger partial charge in [0, 0.05) is 7.11 Å². The van der Waals surface area contributed by atoms with Crippen LogP contribution in [0.3, 0.4) is 0 Å². The fourth-order valence-corrected chi connectivity index (χ4v) is 3.05. The smallest absolute Gasteiger partial charge is 0.365 e. The molecule has 180 valence electrons. The van der Waals surface area contributed by atoms with Gasteiger partial charge in [0.15, 0.2) is 0 Å². The molecule has 0 aliphatic heterocycles. The zero-order valence-corrected chi connectivity index (χ0v) is 20.8. The van der Waals surface area contributed by atoms with E-state index >= 15 is 0 Å². The molecule has 6 nitrogen and oxygen atoms in total. The maximum atomic E-state index is 12.4. The van der Waals surface area contributed by atoms with Crippen molar-refractivity contribution in [3.05, 3.63) is 59.7 Å². The van der Waals surface area contributed by atoms with E-state index in [1.54, 1.807) is 38.1 Å². The Balaban J connectivity index is 2.00. The van der Waals surface area contributed by atoms with Crippen molar-refractivity contribution in [3.63, 3.8) is 0 Å². The molecule has 0 heterocycles. The second-order valence-electron chi connectivity index (χ2n) is 8.99. The molecule has 1 unspecified atom stereocenters. The summed E-state index contributed by atoms with van der Waals surface area (Å²) in [6, 6.07) is 14.6. The quantitative estimate of drug-likeness (QED) is 0.279. The van der Waals surface area contributed by atoms with Crippen LogP contribution < -0.4 is 4.74 Å². The predicted molar refractivity (Wildman–Crippen MR) is 127 cm³/mol. The van der Waals surface area contributed by atoms with E-state index in [0.29, 0.717) is 17.9 Å². The molecule has 0 spiro atoms. The van der Waals surface area contributed by atoms with E-state index in [2.05, 4.69) is 32.9 Å². The summed E-state index contributed by atoms with van der Waals surface area (Å²) in [7, 11) is 1.30. The maximum absolute atomic E-state index is 12.4. The lowest BCUT2D eigenvalue weighted by atomic mass is 9.78. The van der Waals surface area contributed by atoms with Crippen molar-refractivity contribution in [2.24, 2.45) is 5.41 Å². The normalized spacial score (nSPS) is 12.7. The Morgan fingerprint density at radius 3 is 1.76 bits per heavy atom. The molecule has 0 fully saturated rings. The Labute approximate surface area is 197 Å². The summed E-state index contributed by atoms with van der Waals surface area (Å²) in [4.78, 5) is 24.6. The molecule has 1 atom stereocenters. The van der Waals surface area contributed by atoms with E-state index in [1.807, 2.05) is 19.1 Å². The van der Waals surface area contributed by atoms with E-state index in [4.69, 9.17) is 18.9 Å². The SMILES string of the molecule is CCC(C)(C)C(=O)OC(OC)OC(=O)c1ccc(Oc2ccc(C(C)(CC)CC)cc2)cc1. The lowest BCUT2D eigenvalue weighted by molar-refractivity contribution is -0.247. The highest BCUT2D eigenvalue weighted by molar-refractivity contribution is 5.89. The summed E-state index contributed by atoms with van der Waals surface area (Å²) in [5, 5.41) is 0. The second-order valence-corrected chi connectivity index (χ2v) is 8.99. The molecule has 33 heavy (non-hydrogen) atoms. The molecule has 2 rings (SSSR count). The maximum Gasteiger partial charge on any atom is 0.365 e. The number of benzene rings is 2. The lowest BCUT2D eigenvalue weighted by Gasteiger charge is -2.27. The fraction of sp³-hybridized carbons (Fsp3) is 0.481. The van der Waals surface area contributed by atoms with Crippen LogP contribution in [0.4, 0.5) is 0 Å². The van der Waals surface area contributed by atoms with Crippen LogP contribution in [0.15, 0.2) is 48.5 Å². The van der Waals surface area contributed by atoms with Crippen molar-refractivity contribution in [2.45, 2.75) is 72.7 Å². The van der Waals surface area contributed by atoms with E-state index in [0.717, 1.165) is 12.8 Å². The van der Waals surface area contributed by atoms with Crippen LogP contribution in [0.1, 0.15) is 76.7 Å². The van der Waals surface area contributed by atoms with Gasteiger partial charge in [-0.1, -0.05) is 39.8 Å². The first-order valence-corrected chi connectivity index (χ1v) is 11.4. The Hall–Kier alpha value is -2.86. The Bertz CT molecular complexity index is 911. The number of methoxy groups -OCH3 is 1. The number of hydrogen-bond acceptors (Lipinski definition) is 6. The molecule has 0 saturated heterocycles. The van der Waals surface area contributed by atoms with Crippen LogP contribution in [-0.4, -0.2) is 25.5 Å². The number of carbonyl (C=O) groups excluding carboxylic acids is 2. The van der Waals surface area contributed by atoms with Crippen molar-refractivity contribution in [3.8, 4) is 11.5 Å². The minimum absolute atomic E-state index is 0.154. The first kappa shape index (κ1) is 26.4. The van der Waals surface area contributed by atoms with Crippen molar-refractivity contribution in [1.82, 2.24) is 0 Å². The summed E-state index contributed by atoms with van der Waals surface area (Å²) >= 11 is 0. The van der Waals surface area contributed by atoms with Gasteiger partial charge in [-0.2, -0.15) is 0 Å². The molecule has 0 aliphatic rings. The lowest BCUT2D eigenvalue weighted by Crippen LogP contribution is -2.33. The molecule has 0 aliphatic carbocycles. The Morgan fingerprint density at radius 2 is 1.30 bits per heavy atom. The third-order valence-electron chi connectivity index (χ3n) is 6.47. The standard InChI is InChI=1S/C27H36O6/c1-8-26(4,5)24(29)33-25(30-7)32-23(28)19-11-15-21(16-12-19)31-22-17-13-20(14-18-22)27(6,9-2)10-3/h11-18,25H,8-10H2,1-7H3. The molecule has 0 aromatic heterocycles. The molecular weight excluding hydrogens is 420 g/mol. The average Bonchev–Trinajstić information content (AvgIpc) is 2.83. The summed E-state index contributed by atoms with van der Waals surface area (Å²) < 4.78 is 21.2. The highest BCUT2D eigenvalue weighted by atomic mass is 16.9. The van der Waals surface area contributed by atoms with Crippen molar-refractivity contribution < 1.29 is 28.5 Å². The van der Waals surface area contributed by atoms with Gasteiger partial charge in [0.2, 0.25) is 0 Å². The van der Waals surface area contributed by atoms with Crippen molar-refractivity contribution >= 4 is 11.9 Å². The highest BCUT2D eigenvalue weighted by Gasteiger charge is 2.31. The molecule has 0 saturated carbocycles. The number of ether oxygens (including phenoxy) is 4. The van der Waals surface area contributed by atoms with Gasteiger partial charge in [0.1, 0.15) is 11.5 Å². The number of esters is 2. The molecule has 2 aromatic rings. The third kappa shape index (κ3) is 6.81. The van der Waals surface area contributed by atoms with Gasteiger partial charge in [-0.25, -0.2) is 4.79 Å². The minimum Gasteiger partial charge on any atom is -0.457 e. The first-order valence-electron chi connectivity index (χ1n) is 11.4. The second kappa shape index (κ2) is 11.3. The van der Waals surface area contributed by atoms with Gasteiger partial charge in [0.25, 0.3) is 0 Å². The monoisotopic (exact) mass is 456 g/mol. The van der Waals surface area contributed by atoms with E-state index in [9.17, 15) is 9.59 Å². The summed E-state index contributed by atoms with van der Waals surface area (Å²) in [6.45, 7) is 10.6. The molecule has 2 aromatic carbocycles. The van der Waals surface area contributed by atoms with Crippen molar-refractivity contribution in [1.29, 1.82) is 0 Å². The number of carbonyl (C=O) groups is 2. The van der Waals surface area contributed by atoms with E-state index < -0.39 is 23.8 Å². The summed E-state index contributed by atoms with van der Waals surface area (Å²) in [5.41, 5.74) is 1.02. The van der Waals surface area contributed by atoms with Crippen LogP contribution in [0.5, 0.6) is 11.5 Å². The van der Waals surface area contributed by atoms with Gasteiger partial charge in [-0.05, 0) is 80.5 Å². The van der Waals surface area contributed by atoms with E-state index in [-0.39, 0.29) is 11.0 Å². The van der Waals surface area contributed by atoms with Gasteiger partial charge in [0.05, 0.1) is 11.0 Å². The van der Waals surface area contributed by atoms with Crippen LogP contribution in [-0.2, 0) is 24.4 Å². The Kier molecular flexibility index (Phi) is 9.06. The van der Waals surface area contributed by atoms with Crippen LogP contribution in [0, 0.1) is 5.41 Å². The first-order chi connectivity index (χ1) is 15.6. The van der Waals surface area contributed by atoms with Gasteiger partial charge < -0.3 is 18.9 Å². The molecule has 6 heteroatoms. The molecule has 0 bridgehead atoms. The van der Waals surface area contributed by atoms with Crippen LogP contribution in [0.25, 0.3) is 0 Å². The Morgan fingerprint density at radius 1 is 0.788 bits per heavy atom. The molecule has 0 amide bonds. The molecule has 0 radical (unpaired) electrons. The number of hydrogen-bond donors (Lipinski definition) is 0. The number of rotatable bonds is 11. The minimum atomic E-state index is -1.41. The van der Waals surface area contributed by atoms with Crippen LogP contribution in [0.2, 0.25) is 0 Å². The predicted octanol–water partition coefficient (Wildman–Crippen LogP) is 6.62. The third-order valence-corrected chi connectivity index (χ3v) is 6.47. The van der Waals surface area contributed by atoms with Crippen molar-refractivity contribution in [2.75, 3.05) is 7.11 Å². The largest absolute Gasteiger partial charge is 0.457 e. The summed E-state index contributed by atoms with van der Waals surface area (Å²) in [6.07, 6.45) is 2.72. The average molecular weight is 457 g/mol. The zero-order chi connectivity index (χ0) is 24.6. The zero-order valence-electron chi connectivity index (χ0n) is 20.8. The van der Waals surface area contributed by atoms with Crippen LogP contribution >= 0.6 is 0 Å². The van der Waals surface area contributed by atoms with Gasteiger partial charge >= 0.3 is 18.4 Å². The molecular formula is C27H36O6. The van der Waals surface area contributed by atoms with Gasteiger partial charge in [-0.3, -0.25) is 4.79 Å². The highest BCUT2D eigenvalue weighted by Crippen LogP contribution is 2.33. The molecule has 0 N–H and O–H groups in total. The summed E-state index contributed by atoms with van der Waals surface area (Å²) in [5.74, 6) is 0.136.